The van der Waals surface area contributed by atoms with E-state index in [9.17, 15) is 9.59 Å². The van der Waals surface area contributed by atoms with Crippen molar-refractivity contribution in [2.45, 2.75) is 32.9 Å². The van der Waals surface area contributed by atoms with Crippen LogP contribution in [0.1, 0.15) is 25.8 Å². The molecule has 6 heteroatoms. The second kappa shape index (κ2) is 9.58. The Labute approximate surface area is 140 Å². The van der Waals surface area contributed by atoms with Crippen LogP contribution in [0.2, 0.25) is 0 Å². The highest BCUT2D eigenvalue weighted by Gasteiger charge is 2.17. The number of amides is 2. The van der Waals surface area contributed by atoms with E-state index in [1.165, 1.54) is 5.56 Å². The van der Waals surface area contributed by atoms with E-state index in [4.69, 9.17) is 0 Å². The molecule has 2 atom stereocenters. The van der Waals surface area contributed by atoms with Crippen LogP contribution in [-0.4, -0.2) is 38.0 Å². The summed E-state index contributed by atoms with van der Waals surface area (Å²) >= 11 is 3.40. The summed E-state index contributed by atoms with van der Waals surface area (Å²) in [6, 6.07) is 7.55. The number of halogens is 1. The fourth-order valence-electron chi connectivity index (χ4n) is 2.05. The number of quaternary nitrogens is 1. The Kier molecular flexibility index (Phi) is 8.12. The number of hydrogen-bond donors (Lipinski definition) is 3. The topological polar surface area (TPSA) is 62.6 Å². The average molecular weight is 371 g/mol. The lowest BCUT2D eigenvalue weighted by Crippen LogP contribution is -3.09. The van der Waals surface area contributed by atoms with Gasteiger partial charge in [0, 0.05) is 16.6 Å². The molecule has 0 aliphatic carbocycles. The number of hydrogen-bond acceptors (Lipinski definition) is 2. The van der Waals surface area contributed by atoms with Gasteiger partial charge >= 0.3 is 0 Å². The van der Waals surface area contributed by atoms with Crippen molar-refractivity contribution in [3.63, 3.8) is 0 Å². The quantitative estimate of drug-likeness (QED) is 0.623. The molecule has 1 unspecified atom stereocenters. The van der Waals surface area contributed by atoms with Gasteiger partial charge in [-0.15, -0.1) is 0 Å². The van der Waals surface area contributed by atoms with Crippen molar-refractivity contribution in [1.29, 1.82) is 0 Å². The molecule has 3 N–H and O–H groups in total. The Morgan fingerprint density at radius 2 is 1.91 bits per heavy atom. The fourth-order valence-corrected chi connectivity index (χ4v) is 2.31. The van der Waals surface area contributed by atoms with Crippen LogP contribution < -0.4 is 15.5 Å². The van der Waals surface area contributed by atoms with Crippen molar-refractivity contribution in [1.82, 2.24) is 10.6 Å². The molecule has 2 amide bonds. The third-order valence-electron chi connectivity index (χ3n) is 3.20. The first-order valence-electron chi connectivity index (χ1n) is 7.55. The summed E-state index contributed by atoms with van der Waals surface area (Å²) in [5.74, 6) is -0.255. The van der Waals surface area contributed by atoms with Crippen LogP contribution in [-0.2, 0) is 16.1 Å². The Hall–Kier alpha value is -1.40. The molecule has 0 aliphatic rings. The van der Waals surface area contributed by atoms with E-state index in [1.54, 1.807) is 6.92 Å². The molecule has 0 spiro atoms. The lowest BCUT2D eigenvalue weighted by Gasteiger charge is -2.17. The second-order valence-corrected chi connectivity index (χ2v) is 6.43. The number of carbonyl (C=O) groups is 2. The van der Waals surface area contributed by atoms with E-state index in [1.807, 2.05) is 38.2 Å². The van der Waals surface area contributed by atoms with Crippen molar-refractivity contribution >= 4 is 27.7 Å². The van der Waals surface area contributed by atoms with Gasteiger partial charge in [0.1, 0.15) is 12.6 Å². The zero-order valence-electron chi connectivity index (χ0n) is 13.4. The molecule has 0 radical (unpaired) electrons. The molecule has 5 nitrogen and oxygen atoms in total. The number of rotatable bonds is 8. The Bertz CT molecular complexity index is 491. The minimum absolute atomic E-state index is 0.117. The second-order valence-electron chi connectivity index (χ2n) is 5.52. The average Bonchev–Trinajstić information content (AvgIpc) is 2.46. The van der Waals surface area contributed by atoms with E-state index in [2.05, 4.69) is 26.6 Å². The predicted molar refractivity (Wildman–Crippen MR) is 90.5 cm³/mol. The van der Waals surface area contributed by atoms with Gasteiger partial charge in [0.05, 0.1) is 7.05 Å². The van der Waals surface area contributed by atoms with Crippen molar-refractivity contribution in [3.05, 3.63) is 34.3 Å². The largest absolute Gasteiger partial charge is 0.354 e. The van der Waals surface area contributed by atoms with Gasteiger partial charge in [-0.25, -0.2) is 0 Å². The summed E-state index contributed by atoms with van der Waals surface area (Å²) in [7, 11) is 1.96. The van der Waals surface area contributed by atoms with Gasteiger partial charge in [-0.3, -0.25) is 9.59 Å². The summed E-state index contributed by atoms with van der Waals surface area (Å²) in [6.45, 7) is 5.42. The maximum absolute atomic E-state index is 12.0. The number of carbonyl (C=O) groups excluding carboxylic acids is 2. The van der Waals surface area contributed by atoms with E-state index in [0.717, 1.165) is 22.3 Å². The highest BCUT2D eigenvalue weighted by molar-refractivity contribution is 9.10. The van der Waals surface area contributed by atoms with Crippen LogP contribution in [0.4, 0.5) is 0 Å². The molecular formula is C16H25BrN3O2+. The lowest BCUT2D eigenvalue weighted by atomic mass is 10.2. The SMILES string of the molecule is CCCNC(=O)[C@H](C)NC(=O)C[NH+](C)Cc1ccc(Br)cc1. The van der Waals surface area contributed by atoms with Crippen LogP contribution in [0.15, 0.2) is 28.7 Å². The minimum Gasteiger partial charge on any atom is -0.354 e. The Morgan fingerprint density at radius 1 is 1.27 bits per heavy atom. The van der Waals surface area contributed by atoms with Gasteiger partial charge in [-0.2, -0.15) is 0 Å². The van der Waals surface area contributed by atoms with Crippen molar-refractivity contribution in [2.75, 3.05) is 20.1 Å². The van der Waals surface area contributed by atoms with Gasteiger partial charge < -0.3 is 15.5 Å². The smallest absolute Gasteiger partial charge is 0.275 e. The first kappa shape index (κ1) is 18.6. The Balaban J connectivity index is 2.37. The summed E-state index contributed by atoms with van der Waals surface area (Å²) < 4.78 is 1.04. The van der Waals surface area contributed by atoms with E-state index in [-0.39, 0.29) is 11.8 Å². The predicted octanol–water partition coefficient (Wildman–Crippen LogP) is 0.495. The molecule has 1 aromatic rings. The maximum Gasteiger partial charge on any atom is 0.275 e. The third kappa shape index (κ3) is 7.04. The van der Waals surface area contributed by atoms with Gasteiger partial charge in [0.25, 0.3) is 5.91 Å². The number of benzene rings is 1. The molecular weight excluding hydrogens is 346 g/mol. The normalized spacial score (nSPS) is 13.3. The van der Waals surface area contributed by atoms with Crippen LogP contribution in [0.3, 0.4) is 0 Å². The molecule has 1 rings (SSSR count). The van der Waals surface area contributed by atoms with Gasteiger partial charge in [0.2, 0.25) is 5.91 Å². The Morgan fingerprint density at radius 3 is 2.50 bits per heavy atom. The van der Waals surface area contributed by atoms with Gasteiger partial charge in [-0.1, -0.05) is 35.0 Å². The van der Waals surface area contributed by atoms with Gasteiger partial charge in [0.15, 0.2) is 6.54 Å². The van der Waals surface area contributed by atoms with Crippen molar-refractivity contribution in [3.8, 4) is 0 Å². The fraction of sp³-hybridized carbons (Fsp3) is 0.500. The van der Waals surface area contributed by atoms with Crippen LogP contribution in [0.25, 0.3) is 0 Å². The third-order valence-corrected chi connectivity index (χ3v) is 3.73. The minimum atomic E-state index is -0.500. The maximum atomic E-state index is 12.0. The summed E-state index contributed by atoms with van der Waals surface area (Å²) in [4.78, 5) is 24.7. The first-order valence-corrected chi connectivity index (χ1v) is 8.34. The highest BCUT2D eigenvalue weighted by Crippen LogP contribution is 2.09. The zero-order chi connectivity index (χ0) is 16.5. The van der Waals surface area contributed by atoms with Gasteiger partial charge in [-0.05, 0) is 25.5 Å². The molecule has 122 valence electrons. The van der Waals surface area contributed by atoms with Crippen molar-refractivity contribution < 1.29 is 14.5 Å². The molecule has 0 saturated carbocycles. The van der Waals surface area contributed by atoms with Crippen LogP contribution >= 0.6 is 15.9 Å². The first-order chi connectivity index (χ1) is 10.4. The molecule has 1 aromatic carbocycles. The van der Waals surface area contributed by atoms with E-state index < -0.39 is 6.04 Å². The lowest BCUT2D eigenvalue weighted by molar-refractivity contribution is -0.885. The monoisotopic (exact) mass is 370 g/mol. The molecule has 0 aliphatic heterocycles. The number of nitrogens with one attached hydrogen (secondary N) is 3. The molecule has 0 heterocycles. The molecule has 0 aromatic heterocycles. The molecule has 0 bridgehead atoms. The van der Waals surface area contributed by atoms with Crippen LogP contribution in [0.5, 0.6) is 0 Å². The van der Waals surface area contributed by atoms with Crippen LogP contribution in [0, 0.1) is 0 Å². The highest BCUT2D eigenvalue weighted by atomic mass is 79.9. The van der Waals surface area contributed by atoms with Crippen molar-refractivity contribution in [2.24, 2.45) is 0 Å². The molecule has 0 saturated heterocycles. The number of likely N-dealkylation sites (N-methyl/N-ethyl adjacent to an activating group) is 1. The van der Waals surface area contributed by atoms with E-state index in [0.29, 0.717) is 13.1 Å². The summed E-state index contributed by atoms with van der Waals surface area (Å²) in [5.41, 5.74) is 1.17. The molecule has 0 fully saturated rings. The molecule has 22 heavy (non-hydrogen) atoms. The zero-order valence-corrected chi connectivity index (χ0v) is 15.0. The standard InChI is InChI=1S/C16H24BrN3O2/c1-4-9-18-16(22)12(2)19-15(21)11-20(3)10-13-5-7-14(17)8-6-13/h5-8,12H,4,9-11H2,1-3H3,(H,18,22)(H,19,21)/p+1/t12-/m0/s1. The summed E-state index contributed by atoms with van der Waals surface area (Å²) in [6.07, 6.45) is 0.881. The summed E-state index contributed by atoms with van der Waals surface area (Å²) in [5, 5.41) is 5.51. The van der Waals surface area contributed by atoms with E-state index >= 15 is 0 Å².